The number of nitrogens with one attached hydrogen (secondary N) is 2. The molecule has 4 rings (SSSR count). The number of piperazine rings is 1. The van der Waals surface area contributed by atoms with E-state index >= 15 is 0 Å². The minimum absolute atomic E-state index is 0.0794. The molecule has 2 aliphatic heterocycles. The number of carbonyl (C=O) groups excluding carboxylic acids is 2. The van der Waals surface area contributed by atoms with E-state index < -0.39 is 0 Å². The minimum Gasteiger partial charge on any atom is -0.368 e. The molecule has 2 aromatic rings. The molecular formula is C24H30N4O2. The van der Waals surface area contributed by atoms with Crippen LogP contribution in [0.2, 0.25) is 0 Å². The van der Waals surface area contributed by atoms with Crippen LogP contribution < -0.4 is 15.5 Å². The number of nitrogens with zero attached hydrogens (tertiary/aromatic N) is 2. The Kier molecular flexibility index (Phi) is 6.33. The van der Waals surface area contributed by atoms with E-state index in [4.69, 9.17) is 0 Å². The standard InChI is InChI=1S/C24H30N4O2/c1-18(29)27-11-13-28(14-12-27)23-7-5-22(6-8-23)26-24(30)21-4-2-3-19(16-21)15-20-9-10-25-17-20/h2-8,16,20,25H,9-15,17H2,1H3,(H,26,30). The third-order valence-electron chi connectivity index (χ3n) is 6.09. The summed E-state index contributed by atoms with van der Waals surface area (Å²) in [6.45, 7) is 6.93. The second kappa shape index (κ2) is 9.30. The molecule has 0 aliphatic carbocycles. The van der Waals surface area contributed by atoms with Crippen LogP contribution in [-0.4, -0.2) is 56.0 Å². The van der Waals surface area contributed by atoms with Crippen LogP contribution in [0.15, 0.2) is 48.5 Å². The lowest BCUT2D eigenvalue weighted by Gasteiger charge is -2.35. The maximum Gasteiger partial charge on any atom is 0.255 e. The normalized spacial score (nSPS) is 19.0. The summed E-state index contributed by atoms with van der Waals surface area (Å²) in [4.78, 5) is 28.3. The highest BCUT2D eigenvalue weighted by molar-refractivity contribution is 6.04. The Balaban J connectivity index is 1.34. The Morgan fingerprint density at radius 1 is 1.07 bits per heavy atom. The number of rotatable bonds is 5. The summed E-state index contributed by atoms with van der Waals surface area (Å²) in [6.07, 6.45) is 2.21. The van der Waals surface area contributed by atoms with E-state index in [1.165, 1.54) is 12.0 Å². The maximum atomic E-state index is 12.7. The maximum absolute atomic E-state index is 12.7. The molecule has 0 spiro atoms. The number of hydrogen-bond donors (Lipinski definition) is 2. The van der Waals surface area contributed by atoms with Crippen molar-refractivity contribution in [2.24, 2.45) is 5.92 Å². The van der Waals surface area contributed by atoms with Gasteiger partial charge in [0.15, 0.2) is 0 Å². The SMILES string of the molecule is CC(=O)N1CCN(c2ccc(NC(=O)c3cccc(CC4CCNC4)c3)cc2)CC1. The van der Waals surface area contributed by atoms with Crippen molar-refractivity contribution >= 4 is 23.2 Å². The fourth-order valence-electron chi connectivity index (χ4n) is 4.30. The predicted octanol–water partition coefficient (Wildman–Crippen LogP) is 2.76. The van der Waals surface area contributed by atoms with Crippen molar-refractivity contribution in [1.82, 2.24) is 10.2 Å². The van der Waals surface area contributed by atoms with Gasteiger partial charge in [0.1, 0.15) is 0 Å². The molecule has 2 aliphatic rings. The lowest BCUT2D eigenvalue weighted by molar-refractivity contribution is -0.129. The minimum atomic E-state index is -0.0794. The summed E-state index contributed by atoms with van der Waals surface area (Å²) in [6, 6.07) is 15.9. The molecule has 158 valence electrons. The third-order valence-corrected chi connectivity index (χ3v) is 6.09. The molecule has 1 unspecified atom stereocenters. The lowest BCUT2D eigenvalue weighted by atomic mass is 9.97. The van der Waals surface area contributed by atoms with Crippen molar-refractivity contribution in [3.05, 3.63) is 59.7 Å². The van der Waals surface area contributed by atoms with Gasteiger partial charge in [-0.15, -0.1) is 0 Å². The molecular weight excluding hydrogens is 376 g/mol. The Hall–Kier alpha value is -2.86. The van der Waals surface area contributed by atoms with Crippen molar-refractivity contribution in [3.8, 4) is 0 Å². The van der Waals surface area contributed by atoms with E-state index in [-0.39, 0.29) is 11.8 Å². The van der Waals surface area contributed by atoms with Crippen molar-refractivity contribution < 1.29 is 9.59 Å². The summed E-state index contributed by atoms with van der Waals surface area (Å²) < 4.78 is 0. The summed E-state index contributed by atoms with van der Waals surface area (Å²) in [7, 11) is 0. The molecule has 1 atom stereocenters. The van der Waals surface area contributed by atoms with Gasteiger partial charge in [0.2, 0.25) is 5.91 Å². The molecule has 2 heterocycles. The van der Waals surface area contributed by atoms with E-state index in [9.17, 15) is 9.59 Å². The summed E-state index contributed by atoms with van der Waals surface area (Å²) in [5.41, 5.74) is 3.82. The lowest BCUT2D eigenvalue weighted by Crippen LogP contribution is -2.48. The first-order valence-corrected chi connectivity index (χ1v) is 10.8. The van der Waals surface area contributed by atoms with E-state index in [0.29, 0.717) is 11.5 Å². The van der Waals surface area contributed by atoms with E-state index in [1.54, 1.807) is 6.92 Å². The highest BCUT2D eigenvalue weighted by Crippen LogP contribution is 2.21. The molecule has 2 fully saturated rings. The predicted molar refractivity (Wildman–Crippen MR) is 120 cm³/mol. The number of benzene rings is 2. The second-order valence-corrected chi connectivity index (χ2v) is 8.26. The topological polar surface area (TPSA) is 64.7 Å². The zero-order chi connectivity index (χ0) is 20.9. The van der Waals surface area contributed by atoms with Crippen LogP contribution >= 0.6 is 0 Å². The molecule has 2 amide bonds. The Morgan fingerprint density at radius 2 is 1.83 bits per heavy atom. The van der Waals surface area contributed by atoms with Gasteiger partial charge >= 0.3 is 0 Å². The van der Waals surface area contributed by atoms with Gasteiger partial charge < -0.3 is 20.4 Å². The quantitative estimate of drug-likeness (QED) is 0.802. The van der Waals surface area contributed by atoms with E-state index in [1.807, 2.05) is 47.4 Å². The van der Waals surface area contributed by atoms with Crippen LogP contribution in [0.25, 0.3) is 0 Å². The molecule has 6 heteroatoms. The average molecular weight is 407 g/mol. The smallest absolute Gasteiger partial charge is 0.255 e. The van der Waals surface area contributed by atoms with Gasteiger partial charge in [0.05, 0.1) is 0 Å². The van der Waals surface area contributed by atoms with Crippen LogP contribution in [0.5, 0.6) is 0 Å². The van der Waals surface area contributed by atoms with Gasteiger partial charge in [0.25, 0.3) is 5.91 Å². The summed E-state index contributed by atoms with van der Waals surface area (Å²) in [5.74, 6) is 0.717. The van der Waals surface area contributed by atoms with Crippen molar-refractivity contribution in [3.63, 3.8) is 0 Å². The molecule has 30 heavy (non-hydrogen) atoms. The largest absolute Gasteiger partial charge is 0.368 e. The summed E-state index contributed by atoms with van der Waals surface area (Å²) in [5, 5.41) is 6.41. The fourth-order valence-corrected chi connectivity index (χ4v) is 4.30. The fraction of sp³-hybridized carbons (Fsp3) is 0.417. The van der Waals surface area contributed by atoms with Crippen LogP contribution in [0.1, 0.15) is 29.3 Å². The van der Waals surface area contributed by atoms with Gasteiger partial charge in [-0.05, 0) is 73.8 Å². The van der Waals surface area contributed by atoms with Crippen molar-refractivity contribution in [2.45, 2.75) is 19.8 Å². The van der Waals surface area contributed by atoms with Crippen LogP contribution in [0.3, 0.4) is 0 Å². The molecule has 0 radical (unpaired) electrons. The zero-order valence-corrected chi connectivity index (χ0v) is 17.6. The molecule has 2 N–H and O–H groups in total. The number of anilines is 2. The van der Waals surface area contributed by atoms with Gasteiger partial charge in [-0.2, -0.15) is 0 Å². The number of hydrogen-bond acceptors (Lipinski definition) is 4. The molecule has 6 nitrogen and oxygen atoms in total. The zero-order valence-electron chi connectivity index (χ0n) is 17.6. The Bertz CT molecular complexity index is 882. The number of carbonyl (C=O) groups is 2. The van der Waals surface area contributed by atoms with Gasteiger partial charge in [0, 0.05) is 50.0 Å². The highest BCUT2D eigenvalue weighted by Gasteiger charge is 2.19. The highest BCUT2D eigenvalue weighted by atomic mass is 16.2. The molecule has 2 saturated heterocycles. The van der Waals surface area contributed by atoms with Crippen LogP contribution in [-0.2, 0) is 11.2 Å². The van der Waals surface area contributed by atoms with Gasteiger partial charge in [-0.3, -0.25) is 9.59 Å². The van der Waals surface area contributed by atoms with E-state index in [2.05, 4.69) is 21.6 Å². The molecule has 2 aromatic carbocycles. The molecule has 0 saturated carbocycles. The summed E-state index contributed by atoms with van der Waals surface area (Å²) >= 11 is 0. The van der Waals surface area contributed by atoms with Crippen LogP contribution in [0, 0.1) is 5.92 Å². The average Bonchev–Trinajstić information content (AvgIpc) is 3.27. The monoisotopic (exact) mass is 406 g/mol. The van der Waals surface area contributed by atoms with Crippen molar-refractivity contribution in [1.29, 1.82) is 0 Å². The first kappa shape index (κ1) is 20.4. The number of amides is 2. The first-order valence-electron chi connectivity index (χ1n) is 10.8. The van der Waals surface area contributed by atoms with Gasteiger partial charge in [-0.1, -0.05) is 12.1 Å². The first-order chi connectivity index (χ1) is 14.6. The third kappa shape index (κ3) is 5.00. The van der Waals surface area contributed by atoms with E-state index in [0.717, 1.165) is 57.1 Å². The molecule has 0 bridgehead atoms. The molecule has 0 aromatic heterocycles. The second-order valence-electron chi connectivity index (χ2n) is 8.26. The Morgan fingerprint density at radius 3 is 2.50 bits per heavy atom. The van der Waals surface area contributed by atoms with Crippen molar-refractivity contribution in [2.75, 3.05) is 49.5 Å². The van der Waals surface area contributed by atoms with Gasteiger partial charge in [-0.25, -0.2) is 0 Å². The Labute approximate surface area is 178 Å². The van der Waals surface area contributed by atoms with Crippen LogP contribution in [0.4, 0.5) is 11.4 Å².